The summed E-state index contributed by atoms with van der Waals surface area (Å²) < 4.78 is 0. The standard InChI is InChI=1S/C15H11Cl3N2O2/c1-8-6-9(16)3-5-12(8)19-14(21)15(22)20-13-7-10(17)2-4-11(13)18/h2-7H,1H3,(H,19,21)(H,20,22). The van der Waals surface area contributed by atoms with E-state index >= 15 is 0 Å². The molecule has 4 nitrogen and oxygen atoms in total. The molecule has 0 heterocycles. The first kappa shape index (κ1) is 16.6. The Bertz CT molecular complexity index is 748. The first-order chi connectivity index (χ1) is 10.4. The number of aryl methyl sites for hydroxylation is 1. The fraction of sp³-hybridized carbons (Fsp3) is 0.0667. The molecule has 2 aromatic rings. The van der Waals surface area contributed by atoms with Gasteiger partial charge in [0.25, 0.3) is 0 Å². The van der Waals surface area contributed by atoms with Crippen molar-refractivity contribution in [1.82, 2.24) is 0 Å². The lowest BCUT2D eigenvalue weighted by Crippen LogP contribution is -2.29. The summed E-state index contributed by atoms with van der Waals surface area (Å²) in [5.74, 6) is -1.67. The quantitative estimate of drug-likeness (QED) is 0.776. The van der Waals surface area contributed by atoms with Crippen molar-refractivity contribution in [2.24, 2.45) is 0 Å². The highest BCUT2D eigenvalue weighted by molar-refractivity contribution is 6.45. The van der Waals surface area contributed by atoms with Gasteiger partial charge in [0.1, 0.15) is 0 Å². The molecule has 2 rings (SSSR count). The zero-order valence-electron chi connectivity index (χ0n) is 11.4. The number of hydrogen-bond donors (Lipinski definition) is 2. The number of benzene rings is 2. The summed E-state index contributed by atoms with van der Waals surface area (Å²) in [6.07, 6.45) is 0. The van der Waals surface area contributed by atoms with Crippen LogP contribution >= 0.6 is 34.8 Å². The predicted molar refractivity (Wildman–Crippen MR) is 89.9 cm³/mol. The maximum Gasteiger partial charge on any atom is 0.314 e. The van der Waals surface area contributed by atoms with Gasteiger partial charge in [0, 0.05) is 15.7 Å². The summed E-state index contributed by atoms with van der Waals surface area (Å²) in [5, 5.41) is 6.14. The zero-order valence-corrected chi connectivity index (χ0v) is 13.7. The van der Waals surface area contributed by atoms with Gasteiger partial charge in [-0.2, -0.15) is 0 Å². The number of anilines is 2. The molecule has 0 bridgehead atoms. The third-order valence-corrected chi connectivity index (χ3v) is 3.62. The van der Waals surface area contributed by atoms with Crippen molar-refractivity contribution >= 4 is 58.0 Å². The third kappa shape index (κ3) is 4.13. The lowest BCUT2D eigenvalue weighted by molar-refractivity contribution is -0.133. The molecule has 0 unspecified atom stereocenters. The second-order valence-electron chi connectivity index (χ2n) is 4.49. The molecule has 0 saturated heterocycles. The van der Waals surface area contributed by atoms with Crippen molar-refractivity contribution in [3.63, 3.8) is 0 Å². The molecule has 0 aliphatic rings. The first-order valence-electron chi connectivity index (χ1n) is 6.20. The van der Waals surface area contributed by atoms with E-state index in [1.54, 1.807) is 31.2 Å². The highest BCUT2D eigenvalue weighted by Crippen LogP contribution is 2.25. The van der Waals surface area contributed by atoms with Gasteiger partial charge < -0.3 is 10.6 Å². The maximum absolute atomic E-state index is 11.9. The summed E-state index contributed by atoms with van der Waals surface area (Å²) in [7, 11) is 0. The van der Waals surface area contributed by atoms with Crippen LogP contribution in [0.4, 0.5) is 11.4 Å². The summed E-state index contributed by atoms with van der Waals surface area (Å²) >= 11 is 17.6. The molecule has 7 heteroatoms. The van der Waals surface area contributed by atoms with Crippen molar-refractivity contribution in [1.29, 1.82) is 0 Å². The number of halogens is 3. The van der Waals surface area contributed by atoms with E-state index in [4.69, 9.17) is 34.8 Å². The van der Waals surface area contributed by atoms with E-state index in [0.29, 0.717) is 15.7 Å². The molecule has 0 spiro atoms. The fourth-order valence-electron chi connectivity index (χ4n) is 1.72. The minimum atomic E-state index is -0.849. The lowest BCUT2D eigenvalue weighted by atomic mass is 10.2. The van der Waals surface area contributed by atoms with Crippen LogP contribution in [0.5, 0.6) is 0 Å². The second kappa shape index (κ2) is 7.01. The van der Waals surface area contributed by atoms with Gasteiger partial charge in [-0.05, 0) is 48.9 Å². The Morgan fingerprint density at radius 1 is 0.818 bits per heavy atom. The van der Waals surface area contributed by atoms with Crippen LogP contribution in [0.3, 0.4) is 0 Å². The summed E-state index contributed by atoms with van der Waals surface area (Å²) in [4.78, 5) is 23.8. The van der Waals surface area contributed by atoms with Crippen LogP contribution in [0.15, 0.2) is 36.4 Å². The topological polar surface area (TPSA) is 58.2 Å². The second-order valence-corrected chi connectivity index (χ2v) is 5.77. The maximum atomic E-state index is 11.9. The Balaban J connectivity index is 2.09. The monoisotopic (exact) mass is 356 g/mol. The van der Waals surface area contributed by atoms with Crippen LogP contribution in [0.2, 0.25) is 15.1 Å². The number of nitrogens with one attached hydrogen (secondary N) is 2. The molecular formula is C15H11Cl3N2O2. The molecule has 2 aromatic carbocycles. The summed E-state index contributed by atoms with van der Waals surface area (Å²) in [6.45, 7) is 1.77. The van der Waals surface area contributed by atoms with Gasteiger partial charge in [0.15, 0.2) is 0 Å². The Labute approximate surface area is 142 Å². The molecule has 22 heavy (non-hydrogen) atoms. The third-order valence-electron chi connectivity index (χ3n) is 2.82. The van der Waals surface area contributed by atoms with Crippen molar-refractivity contribution in [2.45, 2.75) is 6.92 Å². The highest BCUT2D eigenvalue weighted by atomic mass is 35.5. The molecular weight excluding hydrogens is 347 g/mol. The van der Waals surface area contributed by atoms with Gasteiger partial charge in [-0.1, -0.05) is 34.8 Å². The number of hydrogen-bond acceptors (Lipinski definition) is 2. The van der Waals surface area contributed by atoms with E-state index in [9.17, 15) is 9.59 Å². The zero-order chi connectivity index (χ0) is 16.3. The average molecular weight is 358 g/mol. The van der Waals surface area contributed by atoms with Crippen LogP contribution in [-0.4, -0.2) is 11.8 Å². The Kier molecular flexibility index (Phi) is 5.29. The van der Waals surface area contributed by atoms with Crippen molar-refractivity contribution in [3.8, 4) is 0 Å². The van der Waals surface area contributed by atoms with Crippen molar-refractivity contribution in [3.05, 3.63) is 57.0 Å². The molecule has 2 amide bonds. The van der Waals surface area contributed by atoms with Crippen LogP contribution in [0.25, 0.3) is 0 Å². The number of carbonyl (C=O) groups is 2. The molecule has 0 fully saturated rings. The Morgan fingerprint density at radius 3 is 2.00 bits per heavy atom. The number of rotatable bonds is 2. The minimum Gasteiger partial charge on any atom is -0.318 e. The first-order valence-corrected chi connectivity index (χ1v) is 7.34. The molecule has 0 atom stereocenters. The van der Waals surface area contributed by atoms with Crippen molar-refractivity contribution < 1.29 is 9.59 Å². The van der Waals surface area contributed by atoms with Crippen LogP contribution in [-0.2, 0) is 9.59 Å². The van der Waals surface area contributed by atoms with Gasteiger partial charge in [0.05, 0.1) is 10.7 Å². The summed E-state index contributed by atoms with van der Waals surface area (Å²) in [5.41, 5.74) is 1.51. The highest BCUT2D eigenvalue weighted by Gasteiger charge is 2.16. The van der Waals surface area contributed by atoms with Crippen LogP contribution < -0.4 is 10.6 Å². The van der Waals surface area contributed by atoms with E-state index in [1.165, 1.54) is 12.1 Å². The van der Waals surface area contributed by atoms with Gasteiger partial charge in [-0.25, -0.2) is 0 Å². The average Bonchev–Trinajstić information content (AvgIpc) is 2.45. The molecule has 0 aromatic heterocycles. The minimum absolute atomic E-state index is 0.266. The molecule has 0 aliphatic carbocycles. The van der Waals surface area contributed by atoms with Crippen LogP contribution in [0.1, 0.15) is 5.56 Å². The summed E-state index contributed by atoms with van der Waals surface area (Å²) in [6, 6.07) is 9.49. The Hall–Kier alpha value is -1.75. The fourth-order valence-corrected chi connectivity index (χ4v) is 2.28. The van der Waals surface area contributed by atoms with E-state index in [0.717, 1.165) is 5.56 Å². The molecule has 0 radical (unpaired) electrons. The van der Waals surface area contributed by atoms with Crippen LogP contribution in [0, 0.1) is 6.92 Å². The largest absolute Gasteiger partial charge is 0.318 e. The Morgan fingerprint density at radius 2 is 1.36 bits per heavy atom. The normalized spacial score (nSPS) is 10.2. The van der Waals surface area contributed by atoms with E-state index in [1.807, 2.05) is 0 Å². The van der Waals surface area contributed by atoms with Gasteiger partial charge in [-0.3, -0.25) is 9.59 Å². The molecule has 0 aliphatic heterocycles. The molecule has 114 valence electrons. The smallest absolute Gasteiger partial charge is 0.314 e. The number of carbonyl (C=O) groups excluding carboxylic acids is 2. The van der Waals surface area contributed by atoms with Gasteiger partial charge >= 0.3 is 11.8 Å². The SMILES string of the molecule is Cc1cc(Cl)ccc1NC(=O)C(=O)Nc1cc(Cl)ccc1Cl. The van der Waals surface area contributed by atoms with Gasteiger partial charge in [-0.15, -0.1) is 0 Å². The predicted octanol–water partition coefficient (Wildman–Crippen LogP) is 4.53. The van der Waals surface area contributed by atoms with E-state index in [2.05, 4.69) is 10.6 Å². The number of amides is 2. The van der Waals surface area contributed by atoms with Gasteiger partial charge in [0.2, 0.25) is 0 Å². The van der Waals surface area contributed by atoms with E-state index < -0.39 is 11.8 Å². The van der Waals surface area contributed by atoms with Crippen molar-refractivity contribution in [2.75, 3.05) is 10.6 Å². The lowest BCUT2D eigenvalue weighted by Gasteiger charge is -2.10. The molecule has 0 saturated carbocycles. The van der Waals surface area contributed by atoms with E-state index in [-0.39, 0.29) is 10.7 Å². The molecule has 2 N–H and O–H groups in total.